The molecule has 1 aromatic rings. The van der Waals surface area contributed by atoms with Crippen LogP contribution >= 0.6 is 0 Å². The second-order valence-electron chi connectivity index (χ2n) is 6.53. The van der Waals surface area contributed by atoms with Crippen LogP contribution in [0.25, 0.3) is 0 Å². The predicted octanol–water partition coefficient (Wildman–Crippen LogP) is 2.78. The summed E-state index contributed by atoms with van der Waals surface area (Å²) in [7, 11) is 0. The van der Waals surface area contributed by atoms with Gasteiger partial charge in [0, 0.05) is 39.2 Å². The summed E-state index contributed by atoms with van der Waals surface area (Å²) in [5, 5.41) is 0. The first-order valence-electron chi connectivity index (χ1n) is 9.21. The van der Waals surface area contributed by atoms with Gasteiger partial charge in [0.2, 0.25) is 5.91 Å². The van der Waals surface area contributed by atoms with Gasteiger partial charge >= 0.3 is 0 Å². The van der Waals surface area contributed by atoms with Gasteiger partial charge in [-0.05, 0) is 46.6 Å². The van der Waals surface area contributed by atoms with Gasteiger partial charge < -0.3 is 19.0 Å². The van der Waals surface area contributed by atoms with Gasteiger partial charge in [-0.15, -0.1) is 0 Å². The van der Waals surface area contributed by atoms with Crippen LogP contribution in [0.2, 0.25) is 0 Å². The lowest BCUT2D eigenvalue weighted by molar-refractivity contribution is -0.131. The molecule has 0 aliphatic carbocycles. The zero-order chi connectivity index (χ0) is 18.4. The molecule has 1 aliphatic rings. The van der Waals surface area contributed by atoms with E-state index in [4.69, 9.17) is 9.15 Å². The molecule has 1 fully saturated rings. The van der Waals surface area contributed by atoms with E-state index in [1.807, 2.05) is 20.8 Å². The Labute approximate surface area is 150 Å². The number of furan rings is 1. The molecule has 0 N–H and O–H groups in total. The van der Waals surface area contributed by atoms with Gasteiger partial charge in [0.1, 0.15) is 11.5 Å². The molecule has 140 valence electrons. The van der Waals surface area contributed by atoms with Gasteiger partial charge in [0.15, 0.2) is 0 Å². The fourth-order valence-electron chi connectivity index (χ4n) is 3.29. The van der Waals surface area contributed by atoms with E-state index in [0.29, 0.717) is 43.9 Å². The summed E-state index contributed by atoms with van der Waals surface area (Å²) in [5.74, 6) is 1.33. The number of carbonyl (C=O) groups excluding carboxylic acids is 2. The number of hydrogen-bond donors (Lipinski definition) is 0. The summed E-state index contributed by atoms with van der Waals surface area (Å²) >= 11 is 0. The van der Waals surface area contributed by atoms with Gasteiger partial charge in [0.05, 0.1) is 11.7 Å². The standard InChI is InChI=1S/C19H30N2O4/c1-5-20(6-2)18(22)9-10-21(13-16-8-7-11-24-16)19(23)17-12-14(3)25-15(17)4/h12,16H,5-11,13H2,1-4H3. The Morgan fingerprint density at radius 1 is 1.20 bits per heavy atom. The Hall–Kier alpha value is -1.82. The Morgan fingerprint density at radius 3 is 2.44 bits per heavy atom. The number of amides is 2. The minimum Gasteiger partial charge on any atom is -0.466 e. The lowest BCUT2D eigenvalue weighted by atomic mass is 10.1. The molecule has 1 unspecified atom stereocenters. The Kier molecular flexibility index (Phi) is 7.05. The van der Waals surface area contributed by atoms with Crippen molar-refractivity contribution in [1.29, 1.82) is 0 Å². The maximum Gasteiger partial charge on any atom is 0.257 e. The van der Waals surface area contributed by atoms with Crippen molar-refractivity contribution in [3.63, 3.8) is 0 Å². The number of nitrogens with zero attached hydrogens (tertiary/aromatic N) is 2. The van der Waals surface area contributed by atoms with Crippen molar-refractivity contribution in [3.8, 4) is 0 Å². The van der Waals surface area contributed by atoms with Crippen molar-refractivity contribution in [1.82, 2.24) is 9.80 Å². The second kappa shape index (κ2) is 9.04. The third-order valence-corrected chi connectivity index (χ3v) is 4.72. The van der Waals surface area contributed by atoms with E-state index in [9.17, 15) is 9.59 Å². The highest BCUT2D eigenvalue weighted by molar-refractivity contribution is 5.95. The molecule has 0 radical (unpaired) electrons. The molecule has 2 amide bonds. The van der Waals surface area contributed by atoms with Crippen LogP contribution in [0.4, 0.5) is 0 Å². The SMILES string of the molecule is CCN(CC)C(=O)CCN(CC1CCCO1)C(=O)c1cc(C)oc1C. The Balaban J connectivity index is 2.08. The Morgan fingerprint density at radius 2 is 1.92 bits per heavy atom. The molecule has 25 heavy (non-hydrogen) atoms. The zero-order valence-corrected chi connectivity index (χ0v) is 15.8. The molecule has 1 aliphatic heterocycles. The number of hydrogen-bond acceptors (Lipinski definition) is 4. The number of ether oxygens (including phenoxy) is 1. The minimum absolute atomic E-state index is 0.0563. The highest BCUT2D eigenvalue weighted by atomic mass is 16.5. The maximum absolute atomic E-state index is 13.0. The summed E-state index contributed by atoms with van der Waals surface area (Å²) in [4.78, 5) is 28.8. The maximum atomic E-state index is 13.0. The topological polar surface area (TPSA) is 63.0 Å². The predicted molar refractivity (Wildman–Crippen MR) is 95.6 cm³/mol. The summed E-state index contributed by atoms with van der Waals surface area (Å²) < 4.78 is 11.2. The highest BCUT2D eigenvalue weighted by Gasteiger charge is 2.26. The van der Waals surface area contributed by atoms with E-state index >= 15 is 0 Å². The number of rotatable bonds is 8. The number of aryl methyl sites for hydroxylation is 2. The molecule has 6 heteroatoms. The van der Waals surface area contributed by atoms with Crippen molar-refractivity contribution in [2.45, 2.75) is 53.1 Å². The van der Waals surface area contributed by atoms with Crippen LogP contribution in [0, 0.1) is 13.8 Å². The van der Waals surface area contributed by atoms with Gasteiger partial charge in [-0.2, -0.15) is 0 Å². The molecular formula is C19H30N2O4. The summed E-state index contributed by atoms with van der Waals surface area (Å²) in [6.07, 6.45) is 2.36. The van der Waals surface area contributed by atoms with E-state index in [0.717, 1.165) is 25.2 Å². The van der Waals surface area contributed by atoms with Gasteiger partial charge in [-0.25, -0.2) is 0 Å². The first-order chi connectivity index (χ1) is 12.0. The first kappa shape index (κ1) is 19.5. The minimum atomic E-state index is -0.0859. The largest absolute Gasteiger partial charge is 0.466 e. The van der Waals surface area contributed by atoms with E-state index < -0.39 is 0 Å². The fourth-order valence-corrected chi connectivity index (χ4v) is 3.29. The molecule has 0 bridgehead atoms. The van der Waals surface area contributed by atoms with Crippen LogP contribution in [0.15, 0.2) is 10.5 Å². The van der Waals surface area contributed by atoms with Crippen molar-refractivity contribution >= 4 is 11.8 Å². The molecule has 0 saturated carbocycles. The van der Waals surface area contributed by atoms with Crippen LogP contribution in [0.1, 0.15) is 55.0 Å². The number of carbonyl (C=O) groups is 2. The van der Waals surface area contributed by atoms with Crippen molar-refractivity contribution < 1.29 is 18.7 Å². The van der Waals surface area contributed by atoms with E-state index in [1.54, 1.807) is 22.8 Å². The fraction of sp³-hybridized carbons (Fsp3) is 0.684. The highest BCUT2D eigenvalue weighted by Crippen LogP contribution is 2.19. The van der Waals surface area contributed by atoms with E-state index in [-0.39, 0.29) is 17.9 Å². The molecule has 1 atom stereocenters. The van der Waals surface area contributed by atoms with Crippen LogP contribution in [-0.2, 0) is 9.53 Å². The van der Waals surface area contributed by atoms with Crippen LogP contribution in [-0.4, -0.2) is 60.5 Å². The average Bonchev–Trinajstić information content (AvgIpc) is 3.21. The monoisotopic (exact) mass is 350 g/mol. The summed E-state index contributed by atoms with van der Waals surface area (Å²) in [6, 6.07) is 1.77. The Bertz CT molecular complexity index is 586. The molecule has 0 spiro atoms. The smallest absolute Gasteiger partial charge is 0.257 e. The molecule has 2 heterocycles. The van der Waals surface area contributed by atoms with Crippen molar-refractivity contribution in [2.24, 2.45) is 0 Å². The molecule has 2 rings (SSSR count). The van der Waals surface area contributed by atoms with Gasteiger partial charge in [-0.3, -0.25) is 9.59 Å². The molecular weight excluding hydrogens is 320 g/mol. The first-order valence-corrected chi connectivity index (χ1v) is 9.21. The normalized spacial score (nSPS) is 16.9. The van der Waals surface area contributed by atoms with Crippen LogP contribution < -0.4 is 0 Å². The molecule has 0 aromatic carbocycles. The third kappa shape index (κ3) is 5.08. The average molecular weight is 350 g/mol. The summed E-state index contributed by atoms with van der Waals surface area (Å²) in [6.45, 7) is 10.6. The van der Waals surface area contributed by atoms with Crippen molar-refractivity contribution in [3.05, 3.63) is 23.2 Å². The van der Waals surface area contributed by atoms with Crippen molar-refractivity contribution in [2.75, 3.05) is 32.8 Å². The molecule has 1 aromatic heterocycles. The molecule has 6 nitrogen and oxygen atoms in total. The van der Waals surface area contributed by atoms with Crippen LogP contribution in [0.3, 0.4) is 0 Å². The lowest BCUT2D eigenvalue weighted by Gasteiger charge is -2.26. The zero-order valence-electron chi connectivity index (χ0n) is 15.8. The van der Waals surface area contributed by atoms with Gasteiger partial charge in [-0.1, -0.05) is 0 Å². The third-order valence-electron chi connectivity index (χ3n) is 4.72. The van der Waals surface area contributed by atoms with E-state index in [1.165, 1.54) is 0 Å². The quantitative estimate of drug-likeness (QED) is 0.723. The van der Waals surface area contributed by atoms with Gasteiger partial charge in [0.25, 0.3) is 5.91 Å². The second-order valence-corrected chi connectivity index (χ2v) is 6.53. The summed E-state index contributed by atoms with van der Waals surface area (Å²) in [5.41, 5.74) is 0.575. The lowest BCUT2D eigenvalue weighted by Crippen LogP contribution is -2.40. The van der Waals surface area contributed by atoms with Crippen LogP contribution in [0.5, 0.6) is 0 Å². The molecule has 1 saturated heterocycles. The van der Waals surface area contributed by atoms with E-state index in [2.05, 4.69) is 0 Å².